The number of nitrogens with one attached hydrogen (secondary N) is 1. The summed E-state index contributed by atoms with van der Waals surface area (Å²) in [5, 5.41) is 2.81. The normalized spacial score (nSPS) is 12.3. The number of amides is 2. The van der Waals surface area contributed by atoms with E-state index in [0.29, 0.717) is 44.9 Å². The van der Waals surface area contributed by atoms with Crippen molar-refractivity contribution in [3.63, 3.8) is 0 Å². The average Bonchev–Trinajstić information content (AvgIpc) is 2.38. The maximum atomic E-state index is 11.8. The first-order valence-electron chi connectivity index (χ1n) is 7.69. The fraction of sp³-hybridized carbons (Fsp3) is 0.867. The molecule has 118 valence electrons. The lowest BCUT2D eigenvalue weighted by molar-refractivity contribution is -0.130. The van der Waals surface area contributed by atoms with Crippen molar-refractivity contribution in [2.75, 3.05) is 26.2 Å². The second kappa shape index (κ2) is 10.7. The molecule has 0 aromatic heterocycles. The topological polar surface area (TPSA) is 75.4 Å². The molecule has 2 amide bonds. The molecular weight excluding hydrogens is 254 g/mol. The third-order valence-corrected chi connectivity index (χ3v) is 3.39. The van der Waals surface area contributed by atoms with Crippen molar-refractivity contribution in [3.8, 4) is 0 Å². The lowest BCUT2D eigenvalue weighted by atomic mass is 9.94. The van der Waals surface area contributed by atoms with Gasteiger partial charge in [0.2, 0.25) is 11.8 Å². The highest BCUT2D eigenvalue weighted by atomic mass is 16.2. The predicted molar refractivity (Wildman–Crippen MR) is 82.2 cm³/mol. The number of rotatable bonds is 10. The summed E-state index contributed by atoms with van der Waals surface area (Å²) >= 11 is 0. The summed E-state index contributed by atoms with van der Waals surface area (Å²) in [6.45, 7) is 10.5. The minimum atomic E-state index is -0.00607. The monoisotopic (exact) mass is 285 g/mol. The number of carbonyl (C=O) groups excluding carboxylic acids is 2. The van der Waals surface area contributed by atoms with E-state index in [4.69, 9.17) is 5.73 Å². The molecule has 0 aliphatic heterocycles. The Morgan fingerprint density at radius 3 is 2.25 bits per heavy atom. The van der Waals surface area contributed by atoms with E-state index in [2.05, 4.69) is 19.2 Å². The van der Waals surface area contributed by atoms with Crippen LogP contribution in [-0.2, 0) is 9.59 Å². The van der Waals surface area contributed by atoms with Crippen molar-refractivity contribution in [2.45, 2.75) is 47.0 Å². The quantitative estimate of drug-likeness (QED) is 0.636. The van der Waals surface area contributed by atoms with Gasteiger partial charge in [0.05, 0.1) is 0 Å². The summed E-state index contributed by atoms with van der Waals surface area (Å²) in [5.74, 6) is 0.857. The predicted octanol–water partition coefficient (Wildman–Crippen LogP) is 1.37. The zero-order chi connectivity index (χ0) is 15.5. The van der Waals surface area contributed by atoms with Gasteiger partial charge in [-0.05, 0) is 38.6 Å². The molecule has 0 rings (SSSR count). The van der Waals surface area contributed by atoms with Crippen LogP contribution in [0.15, 0.2) is 0 Å². The van der Waals surface area contributed by atoms with Crippen LogP contribution >= 0.6 is 0 Å². The van der Waals surface area contributed by atoms with Crippen LogP contribution in [-0.4, -0.2) is 42.9 Å². The van der Waals surface area contributed by atoms with Gasteiger partial charge in [-0.15, -0.1) is 0 Å². The highest BCUT2D eigenvalue weighted by molar-refractivity contribution is 5.79. The van der Waals surface area contributed by atoms with Gasteiger partial charge in [-0.2, -0.15) is 0 Å². The molecule has 0 aliphatic carbocycles. The number of hydrogen-bond donors (Lipinski definition) is 2. The van der Waals surface area contributed by atoms with Crippen LogP contribution in [0.4, 0.5) is 0 Å². The molecule has 0 bridgehead atoms. The third-order valence-electron chi connectivity index (χ3n) is 3.39. The molecule has 0 fully saturated rings. The summed E-state index contributed by atoms with van der Waals surface area (Å²) in [6.07, 6.45) is 1.78. The van der Waals surface area contributed by atoms with E-state index >= 15 is 0 Å². The fourth-order valence-electron chi connectivity index (χ4n) is 2.31. The van der Waals surface area contributed by atoms with Gasteiger partial charge in [0.25, 0.3) is 0 Å². The minimum absolute atomic E-state index is 0.00607. The number of nitrogens with two attached hydrogens (primary N) is 1. The van der Waals surface area contributed by atoms with Gasteiger partial charge in [0.15, 0.2) is 0 Å². The molecule has 0 saturated heterocycles. The van der Waals surface area contributed by atoms with Crippen molar-refractivity contribution in [2.24, 2.45) is 17.6 Å². The molecule has 5 nitrogen and oxygen atoms in total. The van der Waals surface area contributed by atoms with Gasteiger partial charge in [0.1, 0.15) is 0 Å². The van der Waals surface area contributed by atoms with E-state index in [9.17, 15) is 9.59 Å². The number of hydrogen-bond acceptors (Lipinski definition) is 3. The molecule has 3 N–H and O–H groups in total. The number of carbonyl (C=O) groups is 2. The molecule has 20 heavy (non-hydrogen) atoms. The van der Waals surface area contributed by atoms with Crippen molar-refractivity contribution in [1.29, 1.82) is 0 Å². The zero-order valence-electron chi connectivity index (χ0n) is 13.4. The van der Waals surface area contributed by atoms with Crippen LogP contribution in [0.1, 0.15) is 47.0 Å². The maximum Gasteiger partial charge on any atom is 0.224 e. The van der Waals surface area contributed by atoms with Crippen LogP contribution in [0, 0.1) is 11.8 Å². The fourth-order valence-corrected chi connectivity index (χ4v) is 2.31. The summed E-state index contributed by atoms with van der Waals surface area (Å²) in [6, 6.07) is 0. The van der Waals surface area contributed by atoms with Gasteiger partial charge >= 0.3 is 0 Å². The Morgan fingerprint density at radius 1 is 1.20 bits per heavy atom. The van der Waals surface area contributed by atoms with Crippen molar-refractivity contribution < 1.29 is 9.59 Å². The first-order valence-corrected chi connectivity index (χ1v) is 7.69. The van der Waals surface area contributed by atoms with E-state index in [-0.39, 0.29) is 17.7 Å². The van der Waals surface area contributed by atoms with Gasteiger partial charge in [-0.25, -0.2) is 0 Å². The van der Waals surface area contributed by atoms with E-state index < -0.39 is 0 Å². The van der Waals surface area contributed by atoms with E-state index in [1.165, 1.54) is 0 Å². The van der Waals surface area contributed by atoms with Crippen molar-refractivity contribution in [3.05, 3.63) is 0 Å². The summed E-state index contributed by atoms with van der Waals surface area (Å²) in [5.41, 5.74) is 5.68. The lowest BCUT2D eigenvalue weighted by Gasteiger charge is -2.19. The van der Waals surface area contributed by atoms with Crippen LogP contribution in [0.5, 0.6) is 0 Å². The Morgan fingerprint density at radius 2 is 1.80 bits per heavy atom. The number of nitrogens with zero attached hydrogens (tertiary/aromatic N) is 1. The summed E-state index contributed by atoms with van der Waals surface area (Å²) in [4.78, 5) is 25.3. The molecule has 0 aromatic carbocycles. The van der Waals surface area contributed by atoms with Crippen LogP contribution in [0.25, 0.3) is 0 Å². The van der Waals surface area contributed by atoms with Gasteiger partial charge in [-0.3, -0.25) is 9.59 Å². The molecule has 0 spiro atoms. The summed E-state index contributed by atoms with van der Waals surface area (Å²) in [7, 11) is 0. The van der Waals surface area contributed by atoms with E-state index in [0.717, 1.165) is 6.42 Å². The second-order valence-electron chi connectivity index (χ2n) is 5.60. The minimum Gasteiger partial charge on any atom is -0.356 e. The molecule has 0 radical (unpaired) electrons. The third kappa shape index (κ3) is 8.15. The Bertz CT molecular complexity index is 289. The molecule has 0 heterocycles. The smallest absolute Gasteiger partial charge is 0.224 e. The largest absolute Gasteiger partial charge is 0.356 e. The van der Waals surface area contributed by atoms with Crippen LogP contribution in [0.2, 0.25) is 0 Å². The first-order chi connectivity index (χ1) is 9.44. The molecule has 0 aromatic rings. The molecular formula is C15H31N3O2. The average molecular weight is 285 g/mol. The molecule has 0 aliphatic rings. The molecule has 5 heteroatoms. The lowest BCUT2D eigenvalue weighted by Crippen LogP contribution is -2.35. The Kier molecular flexibility index (Phi) is 10.1. The van der Waals surface area contributed by atoms with E-state index in [1.54, 1.807) is 4.90 Å². The van der Waals surface area contributed by atoms with Gasteiger partial charge in [-0.1, -0.05) is 13.8 Å². The Balaban J connectivity index is 3.95. The standard InChI is InChI=1S/C15H31N3O2/c1-5-18(6-2)15(20)7-8-17-14(19)10-13(11-16)9-12(3)4/h12-13H,5-11,16H2,1-4H3,(H,17,19). The zero-order valence-corrected chi connectivity index (χ0v) is 13.4. The first kappa shape index (κ1) is 18.9. The van der Waals surface area contributed by atoms with Gasteiger partial charge in [0, 0.05) is 32.5 Å². The summed E-state index contributed by atoms with van der Waals surface area (Å²) < 4.78 is 0. The SMILES string of the molecule is CCN(CC)C(=O)CCNC(=O)CC(CN)CC(C)C. The van der Waals surface area contributed by atoms with E-state index in [1.807, 2.05) is 13.8 Å². The van der Waals surface area contributed by atoms with Crippen LogP contribution < -0.4 is 11.1 Å². The van der Waals surface area contributed by atoms with Crippen LogP contribution in [0.3, 0.4) is 0 Å². The Labute approximate surface area is 123 Å². The highest BCUT2D eigenvalue weighted by Crippen LogP contribution is 2.13. The van der Waals surface area contributed by atoms with Crippen molar-refractivity contribution in [1.82, 2.24) is 10.2 Å². The molecule has 1 unspecified atom stereocenters. The second-order valence-corrected chi connectivity index (χ2v) is 5.60. The van der Waals surface area contributed by atoms with Crippen molar-refractivity contribution >= 4 is 11.8 Å². The maximum absolute atomic E-state index is 11.8. The van der Waals surface area contributed by atoms with Gasteiger partial charge < -0.3 is 16.0 Å². The molecule has 1 atom stereocenters. The highest BCUT2D eigenvalue weighted by Gasteiger charge is 2.14. The molecule has 0 saturated carbocycles. The Hall–Kier alpha value is -1.10.